The maximum atomic E-state index is 11.1. The summed E-state index contributed by atoms with van der Waals surface area (Å²) in [7, 11) is 0. The summed E-state index contributed by atoms with van der Waals surface area (Å²) in [5, 5.41) is 38.2. The van der Waals surface area contributed by atoms with E-state index >= 15 is 0 Å². The number of aromatic carboxylic acids is 1. The van der Waals surface area contributed by atoms with Gasteiger partial charge in [0.2, 0.25) is 0 Å². The predicted molar refractivity (Wildman–Crippen MR) is 80.3 cm³/mol. The van der Waals surface area contributed by atoms with Gasteiger partial charge in [0.05, 0.1) is 12.2 Å². The van der Waals surface area contributed by atoms with Crippen molar-refractivity contribution in [1.82, 2.24) is 0 Å². The molecule has 0 spiro atoms. The van der Waals surface area contributed by atoms with Gasteiger partial charge in [0, 0.05) is 0 Å². The van der Waals surface area contributed by atoms with E-state index < -0.39 is 18.2 Å². The monoisotopic (exact) mass is 294 g/mol. The van der Waals surface area contributed by atoms with Gasteiger partial charge in [-0.2, -0.15) is 0 Å². The minimum atomic E-state index is -1.24. The summed E-state index contributed by atoms with van der Waals surface area (Å²) in [5.41, 5.74) is 0.0590. The van der Waals surface area contributed by atoms with Crippen LogP contribution in [0, 0.1) is 0 Å². The van der Waals surface area contributed by atoms with E-state index in [9.17, 15) is 20.1 Å². The molecule has 116 valence electrons. The van der Waals surface area contributed by atoms with Gasteiger partial charge in [0.15, 0.2) is 0 Å². The van der Waals surface area contributed by atoms with Crippen molar-refractivity contribution in [2.45, 2.75) is 44.8 Å². The number of aliphatic hydroxyl groups is 2. The van der Waals surface area contributed by atoms with Gasteiger partial charge < -0.3 is 20.4 Å². The fourth-order valence-corrected chi connectivity index (χ4v) is 2.03. The van der Waals surface area contributed by atoms with Crippen molar-refractivity contribution in [2.75, 3.05) is 0 Å². The maximum absolute atomic E-state index is 11.1. The molecular weight excluding hydrogens is 272 g/mol. The third kappa shape index (κ3) is 5.21. The van der Waals surface area contributed by atoms with Crippen molar-refractivity contribution >= 4 is 12.0 Å². The molecule has 0 aliphatic heterocycles. The Hall–Kier alpha value is -1.85. The van der Waals surface area contributed by atoms with E-state index in [0.717, 1.165) is 19.3 Å². The molecule has 5 nitrogen and oxygen atoms in total. The number of hydrogen-bond donors (Lipinski definition) is 4. The Bertz CT molecular complexity index is 495. The van der Waals surface area contributed by atoms with Crippen molar-refractivity contribution in [3.05, 3.63) is 35.4 Å². The van der Waals surface area contributed by atoms with Crippen LogP contribution >= 0.6 is 0 Å². The number of aromatic hydroxyl groups is 1. The second-order valence-electron chi connectivity index (χ2n) is 4.96. The summed E-state index contributed by atoms with van der Waals surface area (Å²) < 4.78 is 0. The van der Waals surface area contributed by atoms with Gasteiger partial charge in [-0.25, -0.2) is 4.79 Å². The van der Waals surface area contributed by atoms with Gasteiger partial charge in [0.25, 0.3) is 0 Å². The minimum absolute atomic E-state index is 0.221. The van der Waals surface area contributed by atoms with E-state index in [2.05, 4.69) is 6.92 Å². The zero-order valence-electron chi connectivity index (χ0n) is 12.1. The first-order valence-electron chi connectivity index (χ1n) is 7.07. The normalized spacial score (nSPS) is 14.2. The van der Waals surface area contributed by atoms with E-state index in [1.807, 2.05) is 0 Å². The zero-order chi connectivity index (χ0) is 15.8. The zero-order valence-corrected chi connectivity index (χ0v) is 12.1. The van der Waals surface area contributed by atoms with Crippen LogP contribution in [-0.4, -0.2) is 38.6 Å². The number of phenols is 1. The molecule has 0 heterocycles. The first-order chi connectivity index (χ1) is 9.97. The minimum Gasteiger partial charge on any atom is -0.507 e. The quantitative estimate of drug-likeness (QED) is 0.552. The van der Waals surface area contributed by atoms with Crippen molar-refractivity contribution in [1.29, 1.82) is 0 Å². The molecule has 1 aromatic rings. The molecule has 0 saturated carbocycles. The SMILES string of the molecule is CCCCCC(O)C(O)C=Cc1cccc(O)c1C(=O)O. The lowest BCUT2D eigenvalue weighted by molar-refractivity contribution is 0.0420. The number of benzene rings is 1. The Morgan fingerprint density at radius 1 is 1.29 bits per heavy atom. The van der Waals surface area contributed by atoms with E-state index in [0.29, 0.717) is 6.42 Å². The van der Waals surface area contributed by atoms with Gasteiger partial charge >= 0.3 is 5.97 Å². The first kappa shape index (κ1) is 17.2. The second kappa shape index (κ2) is 8.44. The van der Waals surface area contributed by atoms with Crippen molar-refractivity contribution in [3.8, 4) is 5.75 Å². The van der Waals surface area contributed by atoms with E-state index in [4.69, 9.17) is 5.11 Å². The maximum Gasteiger partial charge on any atom is 0.340 e. The van der Waals surface area contributed by atoms with Crippen LogP contribution in [0.5, 0.6) is 5.75 Å². The Balaban J connectivity index is 2.76. The highest BCUT2D eigenvalue weighted by atomic mass is 16.4. The molecule has 2 unspecified atom stereocenters. The van der Waals surface area contributed by atoms with Crippen molar-refractivity contribution in [2.24, 2.45) is 0 Å². The highest BCUT2D eigenvalue weighted by Gasteiger charge is 2.15. The fourth-order valence-electron chi connectivity index (χ4n) is 2.03. The largest absolute Gasteiger partial charge is 0.507 e. The topological polar surface area (TPSA) is 98.0 Å². The standard InChI is InChI=1S/C16H22O5/c1-2-3-4-7-12(17)13(18)10-9-11-6-5-8-14(19)15(11)16(20)21/h5-6,8-10,12-13,17-19H,2-4,7H2,1H3,(H,20,21). The molecule has 0 aliphatic carbocycles. The molecule has 1 aromatic carbocycles. The second-order valence-corrected chi connectivity index (χ2v) is 4.96. The van der Waals surface area contributed by atoms with Crippen LogP contribution in [0.2, 0.25) is 0 Å². The smallest absolute Gasteiger partial charge is 0.340 e. The molecule has 5 heteroatoms. The lowest BCUT2D eigenvalue weighted by atomic mass is 10.0. The lowest BCUT2D eigenvalue weighted by Crippen LogP contribution is -2.23. The number of carboxylic acids is 1. The van der Waals surface area contributed by atoms with Crippen LogP contribution in [0.15, 0.2) is 24.3 Å². The Morgan fingerprint density at radius 2 is 2.00 bits per heavy atom. The summed E-state index contributed by atoms with van der Waals surface area (Å²) >= 11 is 0. The molecule has 4 N–H and O–H groups in total. The van der Waals surface area contributed by atoms with Crippen LogP contribution in [-0.2, 0) is 0 Å². The summed E-state index contributed by atoms with van der Waals surface area (Å²) in [5.74, 6) is -1.58. The molecule has 0 amide bonds. The summed E-state index contributed by atoms with van der Waals surface area (Å²) in [6.45, 7) is 2.05. The Morgan fingerprint density at radius 3 is 2.62 bits per heavy atom. The number of carbonyl (C=O) groups is 1. The number of rotatable bonds is 8. The van der Waals surface area contributed by atoms with Crippen LogP contribution in [0.3, 0.4) is 0 Å². The Kier molecular flexibility index (Phi) is 6.91. The van der Waals surface area contributed by atoms with Gasteiger partial charge in [0.1, 0.15) is 11.3 Å². The van der Waals surface area contributed by atoms with E-state index in [1.54, 1.807) is 0 Å². The average molecular weight is 294 g/mol. The molecule has 0 bridgehead atoms. The number of hydrogen-bond acceptors (Lipinski definition) is 4. The molecule has 0 aliphatic rings. The first-order valence-corrected chi connectivity index (χ1v) is 7.07. The average Bonchev–Trinajstić information content (AvgIpc) is 2.44. The summed E-state index contributed by atoms with van der Waals surface area (Å²) in [6, 6.07) is 4.33. The van der Waals surface area contributed by atoms with Crippen LogP contribution in [0.4, 0.5) is 0 Å². The van der Waals surface area contributed by atoms with Crippen LogP contribution in [0.1, 0.15) is 48.5 Å². The summed E-state index contributed by atoms with van der Waals surface area (Å²) in [6.07, 6.45) is 4.14. The molecule has 0 saturated heterocycles. The molecule has 21 heavy (non-hydrogen) atoms. The molecule has 1 rings (SSSR count). The number of unbranched alkanes of at least 4 members (excludes halogenated alkanes) is 2. The molecule has 0 aromatic heterocycles. The lowest BCUT2D eigenvalue weighted by Gasteiger charge is -2.14. The molecular formula is C16H22O5. The molecule has 2 atom stereocenters. The predicted octanol–water partition coefficient (Wildman–Crippen LogP) is 2.41. The van der Waals surface area contributed by atoms with Gasteiger partial charge in [-0.05, 0) is 18.1 Å². The van der Waals surface area contributed by atoms with Gasteiger partial charge in [-0.1, -0.05) is 50.5 Å². The number of aliphatic hydroxyl groups excluding tert-OH is 2. The van der Waals surface area contributed by atoms with Crippen molar-refractivity contribution in [3.63, 3.8) is 0 Å². The molecule has 0 radical (unpaired) electrons. The van der Waals surface area contributed by atoms with Gasteiger partial charge in [-0.15, -0.1) is 0 Å². The third-order valence-electron chi connectivity index (χ3n) is 3.26. The van der Waals surface area contributed by atoms with Crippen molar-refractivity contribution < 1.29 is 25.2 Å². The van der Waals surface area contributed by atoms with Crippen LogP contribution in [0.25, 0.3) is 6.08 Å². The van der Waals surface area contributed by atoms with Crippen LogP contribution < -0.4 is 0 Å². The highest BCUT2D eigenvalue weighted by molar-refractivity contribution is 5.95. The number of carboxylic acid groups (broad SMARTS) is 1. The van der Waals surface area contributed by atoms with Gasteiger partial charge in [-0.3, -0.25) is 0 Å². The Labute approximate surface area is 124 Å². The fraction of sp³-hybridized carbons (Fsp3) is 0.438. The summed E-state index contributed by atoms with van der Waals surface area (Å²) in [4.78, 5) is 11.1. The van der Waals surface area contributed by atoms with E-state index in [-0.39, 0.29) is 16.9 Å². The van der Waals surface area contributed by atoms with E-state index in [1.165, 1.54) is 30.4 Å². The molecule has 0 fully saturated rings. The third-order valence-corrected chi connectivity index (χ3v) is 3.26. The highest BCUT2D eigenvalue weighted by Crippen LogP contribution is 2.22.